The van der Waals surface area contributed by atoms with E-state index >= 15 is 0 Å². The number of piperidine rings is 1. The molecule has 0 amide bonds. The molecule has 2 aromatic heterocycles. The maximum Gasteiger partial charge on any atom is 0.331 e. The van der Waals surface area contributed by atoms with E-state index in [1.807, 2.05) is 18.2 Å². The number of rotatable bonds is 3. The number of benzene rings is 1. The van der Waals surface area contributed by atoms with Crippen LogP contribution in [0.25, 0.3) is 10.2 Å². The number of carboxylic acids is 1. The second kappa shape index (κ2) is 5.34. The minimum atomic E-state index is -0.948. The summed E-state index contributed by atoms with van der Waals surface area (Å²) in [4.78, 5) is 18.7. The molecule has 1 N–H and O–H groups in total. The largest absolute Gasteiger partial charge is 0.479 e. The summed E-state index contributed by atoms with van der Waals surface area (Å²) < 4.78 is 2.75. The molecule has 118 valence electrons. The smallest absolute Gasteiger partial charge is 0.331 e. The monoisotopic (exact) mass is 328 g/mol. The number of hydrogen-bond donors (Lipinski definition) is 1. The summed E-state index contributed by atoms with van der Waals surface area (Å²) in [7, 11) is 0. The minimum absolute atomic E-state index is 0.514. The summed E-state index contributed by atoms with van der Waals surface area (Å²) in [5.74, 6) is -0.815. The zero-order chi connectivity index (χ0) is 15.9. The fraction of sp³-hybridized carbons (Fsp3) is 0.312. The molecule has 1 saturated heterocycles. The molecule has 3 aromatic rings. The van der Waals surface area contributed by atoms with Gasteiger partial charge in [-0.15, -0.1) is 0 Å². The highest BCUT2D eigenvalue weighted by Gasteiger charge is 2.44. The second-order valence-electron chi connectivity index (χ2n) is 5.74. The number of para-hydroxylation sites is 1. The lowest BCUT2D eigenvalue weighted by Crippen LogP contribution is -2.51. The summed E-state index contributed by atoms with van der Waals surface area (Å²) in [6.45, 7) is 1.32. The molecule has 1 aromatic carbocycles. The molecule has 4 rings (SSSR count). The average molecular weight is 328 g/mol. The molecule has 0 spiro atoms. The Balaban J connectivity index is 1.59. The van der Waals surface area contributed by atoms with Crippen molar-refractivity contribution in [1.29, 1.82) is 0 Å². The van der Waals surface area contributed by atoms with E-state index in [1.165, 1.54) is 0 Å². The van der Waals surface area contributed by atoms with Crippen molar-refractivity contribution in [2.24, 2.45) is 0 Å². The van der Waals surface area contributed by atoms with Crippen LogP contribution in [0.3, 0.4) is 0 Å². The Kier molecular flexibility index (Phi) is 3.30. The highest BCUT2D eigenvalue weighted by molar-refractivity contribution is 7.22. The summed E-state index contributed by atoms with van der Waals surface area (Å²) in [6, 6.07) is 9.82. The molecule has 7 heteroatoms. The Morgan fingerprint density at radius 2 is 2.00 bits per heavy atom. The number of aliphatic carboxylic acids is 1. The van der Waals surface area contributed by atoms with Crippen molar-refractivity contribution in [2.45, 2.75) is 18.4 Å². The molecule has 0 radical (unpaired) electrons. The van der Waals surface area contributed by atoms with Gasteiger partial charge in [-0.25, -0.2) is 9.78 Å². The standard InChI is InChI=1S/C16H16N4O2S/c21-14(22)16(20-9-3-8-17-20)6-10-19(11-7-16)15-18-12-4-1-2-5-13(12)23-15/h1-5,8-9H,6-7,10-11H2,(H,21,22). The van der Waals surface area contributed by atoms with Crippen LogP contribution in [0.4, 0.5) is 5.13 Å². The first-order chi connectivity index (χ1) is 11.2. The Morgan fingerprint density at radius 3 is 2.65 bits per heavy atom. The highest BCUT2D eigenvalue weighted by atomic mass is 32.1. The maximum atomic E-state index is 11.9. The topological polar surface area (TPSA) is 71.2 Å². The van der Waals surface area contributed by atoms with Gasteiger partial charge in [-0.05, 0) is 18.2 Å². The zero-order valence-electron chi connectivity index (χ0n) is 12.4. The second-order valence-corrected chi connectivity index (χ2v) is 6.75. The van der Waals surface area contributed by atoms with Gasteiger partial charge in [0.05, 0.1) is 10.2 Å². The summed E-state index contributed by atoms with van der Waals surface area (Å²) in [6.07, 6.45) is 4.39. The Morgan fingerprint density at radius 1 is 1.22 bits per heavy atom. The highest BCUT2D eigenvalue weighted by Crippen LogP contribution is 2.35. The van der Waals surface area contributed by atoms with Crippen LogP contribution in [0.1, 0.15) is 12.8 Å². The van der Waals surface area contributed by atoms with Gasteiger partial charge in [0.2, 0.25) is 0 Å². The van der Waals surface area contributed by atoms with Crippen LogP contribution in [0, 0.1) is 0 Å². The van der Waals surface area contributed by atoms with E-state index in [0.29, 0.717) is 25.9 Å². The molecule has 1 aliphatic heterocycles. The van der Waals surface area contributed by atoms with Crippen LogP contribution < -0.4 is 4.90 Å². The van der Waals surface area contributed by atoms with E-state index in [4.69, 9.17) is 0 Å². The molecule has 1 fully saturated rings. The lowest BCUT2D eigenvalue weighted by Gasteiger charge is -2.38. The molecule has 1 aliphatic rings. The van der Waals surface area contributed by atoms with E-state index in [2.05, 4.69) is 21.0 Å². The lowest BCUT2D eigenvalue weighted by atomic mass is 9.88. The van der Waals surface area contributed by atoms with Crippen LogP contribution in [0.5, 0.6) is 0 Å². The Bertz CT molecular complexity index is 802. The molecular weight excluding hydrogens is 312 g/mol. The number of aromatic nitrogens is 3. The number of thiazole rings is 1. The van der Waals surface area contributed by atoms with E-state index in [-0.39, 0.29) is 0 Å². The quantitative estimate of drug-likeness (QED) is 0.800. The van der Waals surface area contributed by atoms with Gasteiger partial charge in [-0.2, -0.15) is 5.10 Å². The SMILES string of the molecule is O=C(O)C1(n2cccn2)CCN(c2nc3ccccc3s2)CC1. The lowest BCUT2D eigenvalue weighted by molar-refractivity contribution is -0.149. The van der Waals surface area contributed by atoms with Gasteiger partial charge in [-0.3, -0.25) is 4.68 Å². The first-order valence-electron chi connectivity index (χ1n) is 7.53. The van der Waals surface area contributed by atoms with Crippen molar-refractivity contribution < 1.29 is 9.90 Å². The summed E-state index contributed by atoms with van der Waals surface area (Å²) in [5, 5.41) is 14.9. The van der Waals surface area contributed by atoms with Crippen molar-refractivity contribution in [1.82, 2.24) is 14.8 Å². The van der Waals surface area contributed by atoms with Gasteiger partial charge < -0.3 is 10.0 Å². The van der Waals surface area contributed by atoms with E-state index in [0.717, 1.165) is 15.3 Å². The third kappa shape index (κ3) is 2.28. The average Bonchev–Trinajstić information content (AvgIpc) is 3.24. The molecule has 0 atom stereocenters. The minimum Gasteiger partial charge on any atom is -0.479 e. The van der Waals surface area contributed by atoms with Gasteiger partial charge in [0.25, 0.3) is 0 Å². The van der Waals surface area contributed by atoms with Crippen molar-refractivity contribution in [3.05, 3.63) is 42.7 Å². The normalized spacial score (nSPS) is 17.5. The van der Waals surface area contributed by atoms with Crippen LogP contribution >= 0.6 is 11.3 Å². The van der Waals surface area contributed by atoms with Crippen molar-refractivity contribution in [2.75, 3.05) is 18.0 Å². The van der Waals surface area contributed by atoms with Gasteiger partial charge in [0, 0.05) is 38.3 Å². The Hall–Kier alpha value is -2.41. The number of hydrogen-bond acceptors (Lipinski definition) is 5. The number of fused-ring (bicyclic) bond motifs is 1. The van der Waals surface area contributed by atoms with Crippen molar-refractivity contribution in [3.63, 3.8) is 0 Å². The number of carboxylic acid groups (broad SMARTS) is 1. The summed E-state index contributed by atoms with van der Waals surface area (Å²) in [5.41, 5.74) is 0.0473. The first kappa shape index (κ1) is 14.2. The number of anilines is 1. The number of nitrogens with zero attached hydrogens (tertiary/aromatic N) is 4. The Labute approximate surface area is 137 Å². The number of carbonyl (C=O) groups is 1. The third-order valence-corrected chi connectivity index (χ3v) is 5.58. The molecule has 0 saturated carbocycles. The maximum absolute atomic E-state index is 11.9. The van der Waals surface area contributed by atoms with E-state index < -0.39 is 11.5 Å². The van der Waals surface area contributed by atoms with Crippen molar-refractivity contribution in [3.8, 4) is 0 Å². The van der Waals surface area contributed by atoms with Crippen LogP contribution in [0.15, 0.2) is 42.7 Å². The van der Waals surface area contributed by atoms with Crippen LogP contribution in [-0.4, -0.2) is 38.9 Å². The van der Waals surface area contributed by atoms with Gasteiger partial charge >= 0.3 is 5.97 Å². The molecule has 0 aliphatic carbocycles. The molecular formula is C16H16N4O2S. The predicted molar refractivity (Wildman–Crippen MR) is 88.9 cm³/mol. The van der Waals surface area contributed by atoms with Crippen molar-refractivity contribution >= 4 is 32.7 Å². The molecule has 3 heterocycles. The fourth-order valence-electron chi connectivity index (χ4n) is 3.13. The van der Waals surface area contributed by atoms with Crippen LogP contribution in [-0.2, 0) is 10.3 Å². The molecule has 0 unspecified atom stereocenters. The molecule has 23 heavy (non-hydrogen) atoms. The fourth-order valence-corrected chi connectivity index (χ4v) is 4.14. The zero-order valence-corrected chi connectivity index (χ0v) is 13.2. The molecule has 6 nitrogen and oxygen atoms in total. The summed E-state index contributed by atoms with van der Waals surface area (Å²) >= 11 is 1.65. The van der Waals surface area contributed by atoms with Crippen LogP contribution in [0.2, 0.25) is 0 Å². The van der Waals surface area contributed by atoms with E-state index in [1.54, 1.807) is 34.5 Å². The molecule has 0 bridgehead atoms. The van der Waals surface area contributed by atoms with E-state index in [9.17, 15) is 9.90 Å². The third-order valence-electron chi connectivity index (χ3n) is 4.48. The first-order valence-corrected chi connectivity index (χ1v) is 8.35. The van der Waals surface area contributed by atoms with Gasteiger partial charge in [-0.1, -0.05) is 23.5 Å². The van der Waals surface area contributed by atoms with Gasteiger partial charge in [0.15, 0.2) is 10.7 Å². The van der Waals surface area contributed by atoms with Gasteiger partial charge in [0.1, 0.15) is 0 Å². The predicted octanol–water partition coefficient (Wildman–Crippen LogP) is 2.57.